The first-order chi connectivity index (χ1) is 12.8. The van der Waals surface area contributed by atoms with Gasteiger partial charge in [-0.2, -0.15) is 0 Å². The van der Waals surface area contributed by atoms with Crippen molar-refractivity contribution in [2.45, 2.75) is 25.4 Å². The number of rotatable bonds is 7. The summed E-state index contributed by atoms with van der Waals surface area (Å²) in [7, 11) is 3.48. The van der Waals surface area contributed by atoms with Crippen molar-refractivity contribution in [3.8, 4) is 11.5 Å². The molecule has 2 N–H and O–H groups in total. The molecule has 1 aliphatic heterocycles. The highest BCUT2D eigenvalue weighted by Gasteiger charge is 2.22. The van der Waals surface area contributed by atoms with Crippen LogP contribution in [0.15, 0.2) is 53.5 Å². The van der Waals surface area contributed by atoms with E-state index in [0.29, 0.717) is 0 Å². The number of para-hydroxylation sites is 1. The van der Waals surface area contributed by atoms with Gasteiger partial charge in [-0.25, -0.2) is 0 Å². The maximum Gasteiger partial charge on any atom is 0.191 e. The lowest BCUT2D eigenvalue weighted by molar-refractivity contribution is 0.235. The van der Waals surface area contributed by atoms with Crippen molar-refractivity contribution in [2.75, 3.05) is 27.2 Å². The number of aliphatic imine (C=N–C) groups is 1. The van der Waals surface area contributed by atoms with Gasteiger partial charge in [-0.15, -0.1) is 24.0 Å². The molecular weight excluding hydrogens is 453 g/mol. The van der Waals surface area contributed by atoms with Gasteiger partial charge in [0.05, 0.1) is 13.7 Å². The van der Waals surface area contributed by atoms with E-state index in [0.717, 1.165) is 49.8 Å². The molecule has 0 aliphatic carbocycles. The van der Waals surface area contributed by atoms with Gasteiger partial charge in [0.25, 0.3) is 0 Å². The van der Waals surface area contributed by atoms with Crippen molar-refractivity contribution in [3.63, 3.8) is 0 Å². The Balaban J connectivity index is 0.00000261. The number of aryl methyl sites for hydroxylation is 1. The first-order valence-corrected chi connectivity index (χ1v) is 9.10. The van der Waals surface area contributed by atoms with E-state index in [1.54, 1.807) is 14.2 Å². The van der Waals surface area contributed by atoms with Crippen molar-refractivity contribution in [2.24, 2.45) is 4.99 Å². The molecule has 1 aliphatic rings. The number of halogens is 1. The van der Waals surface area contributed by atoms with Crippen LogP contribution in [-0.4, -0.2) is 39.3 Å². The third-order valence-electron chi connectivity index (χ3n) is 4.53. The minimum Gasteiger partial charge on any atom is -0.497 e. The molecule has 0 bridgehead atoms. The second-order valence-corrected chi connectivity index (χ2v) is 6.38. The minimum absolute atomic E-state index is 0. The van der Waals surface area contributed by atoms with Crippen LogP contribution in [0.3, 0.4) is 0 Å². The Labute approximate surface area is 178 Å². The van der Waals surface area contributed by atoms with Crippen LogP contribution in [0.2, 0.25) is 0 Å². The fraction of sp³-hybridized carbons (Fsp3) is 0.381. The van der Waals surface area contributed by atoms with Crippen LogP contribution in [0.1, 0.15) is 17.5 Å². The van der Waals surface area contributed by atoms with Crippen LogP contribution in [0.5, 0.6) is 11.5 Å². The fourth-order valence-electron chi connectivity index (χ4n) is 3.09. The third-order valence-corrected chi connectivity index (χ3v) is 4.53. The summed E-state index contributed by atoms with van der Waals surface area (Å²) in [5, 5.41) is 6.72. The summed E-state index contributed by atoms with van der Waals surface area (Å²) in [6, 6.07) is 16.5. The Hall–Kier alpha value is -1.96. The topological polar surface area (TPSA) is 54.9 Å². The molecule has 2 aromatic carbocycles. The highest BCUT2D eigenvalue weighted by atomic mass is 127. The number of methoxy groups -OCH3 is 1. The molecule has 0 fully saturated rings. The summed E-state index contributed by atoms with van der Waals surface area (Å²) in [5.41, 5.74) is 2.59. The molecule has 1 heterocycles. The van der Waals surface area contributed by atoms with Crippen molar-refractivity contribution < 1.29 is 9.47 Å². The summed E-state index contributed by atoms with van der Waals surface area (Å²) in [5.74, 6) is 2.72. The van der Waals surface area contributed by atoms with E-state index in [9.17, 15) is 0 Å². The first kappa shape index (κ1) is 21.3. The molecule has 6 heteroatoms. The average molecular weight is 481 g/mol. The van der Waals surface area contributed by atoms with Gasteiger partial charge in [-0.3, -0.25) is 4.99 Å². The van der Waals surface area contributed by atoms with Crippen LogP contribution < -0.4 is 20.1 Å². The Morgan fingerprint density at radius 3 is 2.63 bits per heavy atom. The smallest absolute Gasteiger partial charge is 0.191 e. The number of guanidine groups is 1. The Morgan fingerprint density at radius 1 is 1.15 bits per heavy atom. The summed E-state index contributed by atoms with van der Waals surface area (Å²) in [4.78, 5) is 4.29. The molecule has 1 atom stereocenters. The molecule has 0 amide bonds. The predicted octanol–water partition coefficient (Wildman–Crippen LogP) is 3.41. The highest BCUT2D eigenvalue weighted by Crippen LogP contribution is 2.27. The van der Waals surface area contributed by atoms with E-state index >= 15 is 0 Å². The van der Waals surface area contributed by atoms with Gasteiger partial charge in [0.15, 0.2) is 5.96 Å². The zero-order chi connectivity index (χ0) is 18.2. The molecule has 2 aromatic rings. The lowest BCUT2D eigenvalue weighted by Gasteiger charge is -2.15. The van der Waals surface area contributed by atoms with Crippen LogP contribution >= 0.6 is 24.0 Å². The SMILES string of the molecule is CN=C(NCCCc1ccc(OC)cc1)NCC1Cc2ccccc2O1.I. The van der Waals surface area contributed by atoms with Gasteiger partial charge in [0.1, 0.15) is 17.6 Å². The van der Waals surface area contributed by atoms with Crippen LogP contribution in [0.25, 0.3) is 0 Å². The van der Waals surface area contributed by atoms with E-state index in [-0.39, 0.29) is 30.1 Å². The summed E-state index contributed by atoms with van der Waals surface area (Å²) in [6.07, 6.45) is 3.16. The first-order valence-electron chi connectivity index (χ1n) is 9.10. The number of nitrogens with zero attached hydrogens (tertiary/aromatic N) is 1. The second-order valence-electron chi connectivity index (χ2n) is 6.38. The average Bonchev–Trinajstić information content (AvgIpc) is 3.11. The van der Waals surface area contributed by atoms with Crippen LogP contribution in [-0.2, 0) is 12.8 Å². The largest absolute Gasteiger partial charge is 0.497 e. The van der Waals surface area contributed by atoms with Gasteiger partial charge in [-0.1, -0.05) is 30.3 Å². The van der Waals surface area contributed by atoms with Crippen LogP contribution in [0.4, 0.5) is 0 Å². The molecule has 146 valence electrons. The third kappa shape index (κ3) is 6.30. The van der Waals surface area contributed by atoms with Gasteiger partial charge in [0.2, 0.25) is 0 Å². The number of nitrogens with one attached hydrogen (secondary N) is 2. The molecule has 0 saturated carbocycles. The quantitative estimate of drug-likeness (QED) is 0.276. The monoisotopic (exact) mass is 481 g/mol. The molecular formula is C21H28IN3O2. The molecule has 0 spiro atoms. The second kappa shape index (κ2) is 11.0. The predicted molar refractivity (Wildman–Crippen MR) is 121 cm³/mol. The lowest BCUT2D eigenvalue weighted by atomic mass is 10.1. The van der Waals surface area contributed by atoms with E-state index in [1.165, 1.54) is 11.1 Å². The number of hydrogen-bond acceptors (Lipinski definition) is 3. The normalized spacial score (nSPS) is 15.3. The van der Waals surface area contributed by atoms with E-state index in [1.807, 2.05) is 24.3 Å². The molecule has 27 heavy (non-hydrogen) atoms. The number of benzene rings is 2. The number of ether oxygens (including phenoxy) is 2. The lowest BCUT2D eigenvalue weighted by Crippen LogP contribution is -2.42. The van der Waals surface area contributed by atoms with E-state index < -0.39 is 0 Å². The summed E-state index contributed by atoms with van der Waals surface area (Å²) >= 11 is 0. The Morgan fingerprint density at radius 2 is 1.93 bits per heavy atom. The van der Waals surface area contributed by atoms with Crippen LogP contribution in [0, 0.1) is 0 Å². The van der Waals surface area contributed by atoms with Crippen molar-refractivity contribution >= 4 is 29.9 Å². The number of hydrogen-bond donors (Lipinski definition) is 2. The maximum atomic E-state index is 5.95. The molecule has 3 rings (SSSR count). The highest BCUT2D eigenvalue weighted by molar-refractivity contribution is 14.0. The minimum atomic E-state index is 0. The zero-order valence-corrected chi connectivity index (χ0v) is 18.2. The van der Waals surface area contributed by atoms with Gasteiger partial charge < -0.3 is 20.1 Å². The Bertz CT molecular complexity index is 709. The van der Waals surface area contributed by atoms with Crippen molar-refractivity contribution in [1.82, 2.24) is 10.6 Å². The molecule has 5 nitrogen and oxygen atoms in total. The van der Waals surface area contributed by atoms with Gasteiger partial charge in [0, 0.05) is 20.0 Å². The molecule has 0 radical (unpaired) electrons. The Kier molecular flexibility index (Phi) is 8.71. The fourth-order valence-corrected chi connectivity index (χ4v) is 3.09. The van der Waals surface area contributed by atoms with Gasteiger partial charge in [-0.05, 0) is 42.2 Å². The van der Waals surface area contributed by atoms with Crippen molar-refractivity contribution in [1.29, 1.82) is 0 Å². The van der Waals surface area contributed by atoms with E-state index in [4.69, 9.17) is 9.47 Å². The number of fused-ring (bicyclic) bond motifs is 1. The molecule has 0 aromatic heterocycles. The zero-order valence-electron chi connectivity index (χ0n) is 15.9. The van der Waals surface area contributed by atoms with E-state index in [2.05, 4.69) is 39.9 Å². The standard InChI is InChI=1S/C21H27N3O2.HI/c1-22-21(23-13-5-6-16-9-11-18(25-2)12-10-16)24-15-19-14-17-7-3-4-8-20(17)26-19;/h3-4,7-12,19H,5-6,13-15H2,1-2H3,(H2,22,23,24);1H. The molecule has 0 saturated heterocycles. The van der Waals surface area contributed by atoms with Crippen molar-refractivity contribution in [3.05, 3.63) is 59.7 Å². The summed E-state index contributed by atoms with van der Waals surface area (Å²) in [6.45, 7) is 1.62. The maximum absolute atomic E-state index is 5.95. The summed E-state index contributed by atoms with van der Waals surface area (Å²) < 4.78 is 11.1. The molecule has 1 unspecified atom stereocenters. The van der Waals surface area contributed by atoms with Gasteiger partial charge >= 0.3 is 0 Å².